The number of nitroso groups, excluding NO2 is 1. The van der Waals surface area contributed by atoms with Crippen LogP contribution in [0.3, 0.4) is 0 Å². The van der Waals surface area contributed by atoms with Crippen LogP contribution < -0.4 is 0 Å². The van der Waals surface area contributed by atoms with Gasteiger partial charge >= 0.3 is 0 Å². The molecule has 98 valence electrons. The summed E-state index contributed by atoms with van der Waals surface area (Å²) in [7, 11) is 3.87. The van der Waals surface area contributed by atoms with Crippen LogP contribution in [0.2, 0.25) is 5.02 Å². The largest absolute Gasteiger partial charge is 0.309 e. The highest BCUT2D eigenvalue weighted by Crippen LogP contribution is 2.19. The molecule has 1 rings (SSSR count). The van der Waals surface area contributed by atoms with Gasteiger partial charge in [-0.3, -0.25) is 4.79 Å². The summed E-state index contributed by atoms with van der Waals surface area (Å²) in [6.07, 6.45) is 0. The number of nitrogens with zero attached hydrogens (tertiary/aromatic N) is 2. The van der Waals surface area contributed by atoms with Crippen LogP contribution in [0.5, 0.6) is 0 Å². The first-order valence-electron chi connectivity index (χ1n) is 5.43. The number of hydrogen-bond acceptors (Lipinski definition) is 5. The number of carbonyl (C=O) groups excluding carboxylic acids is 1. The van der Waals surface area contributed by atoms with Gasteiger partial charge in [0.1, 0.15) is 0 Å². The zero-order chi connectivity index (χ0) is 13.5. The van der Waals surface area contributed by atoms with Gasteiger partial charge in [0, 0.05) is 22.9 Å². The highest BCUT2D eigenvalue weighted by Gasteiger charge is 2.21. The molecule has 0 aliphatic carbocycles. The molecule has 1 unspecified atom stereocenters. The minimum absolute atomic E-state index is 0.273. The highest BCUT2D eigenvalue weighted by atomic mass is 35.5. The molecule has 6 heteroatoms. The maximum absolute atomic E-state index is 12.0. The molecule has 0 aliphatic rings. The van der Waals surface area contributed by atoms with Crippen LogP contribution in [-0.2, 0) is 0 Å². The normalized spacial score (nSPS) is 12.4. The summed E-state index contributed by atoms with van der Waals surface area (Å²) < 4.78 is 0. The van der Waals surface area contributed by atoms with Gasteiger partial charge in [0.2, 0.25) is 5.78 Å². The Labute approximate surface area is 116 Å². The van der Waals surface area contributed by atoms with Gasteiger partial charge in [-0.1, -0.05) is 11.6 Å². The monoisotopic (exact) mass is 286 g/mol. The van der Waals surface area contributed by atoms with E-state index < -0.39 is 5.37 Å². The smallest absolute Gasteiger partial charge is 0.201 e. The first-order chi connectivity index (χ1) is 8.54. The third-order valence-electron chi connectivity index (χ3n) is 2.26. The number of thioether (sulfide) groups is 1. The van der Waals surface area contributed by atoms with Crippen molar-refractivity contribution < 1.29 is 4.79 Å². The van der Waals surface area contributed by atoms with Gasteiger partial charge < -0.3 is 4.90 Å². The van der Waals surface area contributed by atoms with Crippen molar-refractivity contribution in [3.05, 3.63) is 39.8 Å². The number of Topliss-reactive ketones (excluding diaryl/α,β-unsaturated/α-hetero) is 1. The van der Waals surface area contributed by atoms with E-state index in [1.165, 1.54) is 11.8 Å². The number of rotatable bonds is 7. The third kappa shape index (κ3) is 4.76. The van der Waals surface area contributed by atoms with Gasteiger partial charge in [0.25, 0.3) is 0 Å². The van der Waals surface area contributed by atoms with Crippen LogP contribution in [-0.4, -0.2) is 42.4 Å². The van der Waals surface area contributed by atoms with E-state index in [1.807, 2.05) is 19.0 Å². The molecule has 0 fully saturated rings. The van der Waals surface area contributed by atoms with Gasteiger partial charge in [-0.2, -0.15) is 0 Å². The van der Waals surface area contributed by atoms with Gasteiger partial charge in [0.05, 0.1) is 0 Å². The molecule has 0 radical (unpaired) electrons. The summed E-state index contributed by atoms with van der Waals surface area (Å²) in [5, 5.41) is 2.57. The highest BCUT2D eigenvalue weighted by molar-refractivity contribution is 8.00. The van der Waals surface area contributed by atoms with E-state index in [4.69, 9.17) is 11.6 Å². The predicted molar refractivity (Wildman–Crippen MR) is 76.4 cm³/mol. The summed E-state index contributed by atoms with van der Waals surface area (Å²) in [5.74, 6) is 0.411. The van der Waals surface area contributed by atoms with Crippen LogP contribution in [0, 0.1) is 4.91 Å². The van der Waals surface area contributed by atoms with E-state index in [0.29, 0.717) is 16.3 Å². The SMILES string of the molecule is CN(C)CCSC(N=O)C(=O)c1ccc(Cl)cc1. The van der Waals surface area contributed by atoms with E-state index in [1.54, 1.807) is 24.3 Å². The van der Waals surface area contributed by atoms with E-state index in [0.717, 1.165) is 6.54 Å². The van der Waals surface area contributed by atoms with Crippen LogP contribution in [0.1, 0.15) is 10.4 Å². The van der Waals surface area contributed by atoms with E-state index in [9.17, 15) is 9.70 Å². The Morgan fingerprint density at radius 1 is 1.39 bits per heavy atom. The van der Waals surface area contributed by atoms with Gasteiger partial charge in [-0.15, -0.1) is 16.7 Å². The first kappa shape index (κ1) is 15.1. The molecule has 0 aliphatic heterocycles. The fourth-order valence-electron chi connectivity index (χ4n) is 1.26. The molecular formula is C12H15ClN2O2S. The maximum atomic E-state index is 12.0. The summed E-state index contributed by atoms with van der Waals surface area (Å²) in [6.45, 7) is 0.796. The Balaban J connectivity index is 2.61. The van der Waals surface area contributed by atoms with Crippen molar-refractivity contribution in [3.63, 3.8) is 0 Å². The molecule has 0 saturated heterocycles. The lowest BCUT2D eigenvalue weighted by atomic mass is 10.1. The quantitative estimate of drug-likeness (QED) is 0.571. The Morgan fingerprint density at radius 2 is 2.00 bits per heavy atom. The molecule has 0 amide bonds. The second kappa shape index (κ2) is 7.51. The average molecular weight is 287 g/mol. The summed E-state index contributed by atoms with van der Waals surface area (Å²) >= 11 is 6.99. The standard InChI is InChI=1S/C12H15ClN2O2S/c1-15(2)7-8-18-12(14-17)11(16)9-3-5-10(13)6-4-9/h3-6,12H,7-8H2,1-2H3. The fraction of sp³-hybridized carbons (Fsp3) is 0.417. The van der Waals surface area contributed by atoms with Crippen molar-refractivity contribution in [2.75, 3.05) is 26.4 Å². The minimum atomic E-state index is -0.883. The molecule has 4 nitrogen and oxygen atoms in total. The molecule has 1 aromatic carbocycles. The van der Waals surface area contributed by atoms with Crippen LogP contribution >= 0.6 is 23.4 Å². The second-order valence-corrected chi connectivity index (χ2v) is 5.63. The van der Waals surface area contributed by atoms with Crippen molar-refractivity contribution in [2.24, 2.45) is 5.18 Å². The Hall–Kier alpha value is -0.910. The summed E-state index contributed by atoms with van der Waals surface area (Å²) in [6, 6.07) is 6.47. The van der Waals surface area contributed by atoms with Crippen molar-refractivity contribution in [1.29, 1.82) is 0 Å². The zero-order valence-corrected chi connectivity index (χ0v) is 11.9. The van der Waals surface area contributed by atoms with E-state index >= 15 is 0 Å². The van der Waals surface area contributed by atoms with Gasteiger partial charge in [0.15, 0.2) is 5.37 Å². The Bertz CT molecular complexity index is 409. The number of ketones is 1. The molecule has 0 saturated carbocycles. The molecule has 0 bridgehead atoms. The lowest BCUT2D eigenvalue weighted by Crippen LogP contribution is -2.20. The minimum Gasteiger partial charge on any atom is -0.309 e. The lowest BCUT2D eigenvalue weighted by Gasteiger charge is -2.11. The molecule has 18 heavy (non-hydrogen) atoms. The van der Waals surface area contributed by atoms with E-state index in [-0.39, 0.29) is 5.78 Å². The maximum Gasteiger partial charge on any atom is 0.201 e. The van der Waals surface area contributed by atoms with Crippen LogP contribution in [0.15, 0.2) is 29.4 Å². The lowest BCUT2D eigenvalue weighted by molar-refractivity contribution is 0.0991. The van der Waals surface area contributed by atoms with Gasteiger partial charge in [-0.05, 0) is 43.5 Å². The molecule has 0 heterocycles. The Kier molecular flexibility index (Phi) is 6.32. The average Bonchev–Trinajstić information content (AvgIpc) is 2.34. The Morgan fingerprint density at radius 3 is 2.50 bits per heavy atom. The fourth-order valence-corrected chi connectivity index (χ4v) is 2.43. The summed E-state index contributed by atoms with van der Waals surface area (Å²) in [4.78, 5) is 24.7. The number of carbonyl (C=O) groups is 1. The molecule has 0 spiro atoms. The van der Waals surface area contributed by atoms with Crippen molar-refractivity contribution in [2.45, 2.75) is 5.37 Å². The van der Waals surface area contributed by atoms with E-state index in [2.05, 4.69) is 5.18 Å². The van der Waals surface area contributed by atoms with Crippen molar-refractivity contribution in [1.82, 2.24) is 4.90 Å². The van der Waals surface area contributed by atoms with Crippen LogP contribution in [0.25, 0.3) is 0 Å². The number of benzene rings is 1. The predicted octanol–water partition coefficient (Wildman–Crippen LogP) is 2.91. The molecule has 0 N–H and O–H groups in total. The van der Waals surface area contributed by atoms with Crippen molar-refractivity contribution in [3.8, 4) is 0 Å². The van der Waals surface area contributed by atoms with Gasteiger partial charge in [-0.25, -0.2) is 0 Å². The number of hydrogen-bond donors (Lipinski definition) is 0. The zero-order valence-electron chi connectivity index (χ0n) is 10.3. The molecule has 0 aromatic heterocycles. The molecular weight excluding hydrogens is 272 g/mol. The summed E-state index contributed by atoms with van der Waals surface area (Å²) in [5.41, 5.74) is 0.460. The van der Waals surface area contributed by atoms with Crippen molar-refractivity contribution >= 4 is 29.1 Å². The first-order valence-corrected chi connectivity index (χ1v) is 6.86. The second-order valence-electron chi connectivity index (χ2n) is 4.00. The molecule has 1 aromatic rings. The molecule has 1 atom stereocenters. The topological polar surface area (TPSA) is 49.7 Å². The van der Waals surface area contributed by atoms with Crippen LogP contribution in [0.4, 0.5) is 0 Å². The number of halogens is 1. The third-order valence-corrected chi connectivity index (χ3v) is 3.55.